The number of carbonyl (C=O) groups is 2. The minimum atomic E-state index is -0.497. The molecule has 0 aliphatic carbocycles. The second-order valence-corrected chi connectivity index (χ2v) is 4.47. The molecule has 0 radical (unpaired) electrons. The number of hydrogen-bond acceptors (Lipinski definition) is 3. The standard InChI is InChI=1S/C13H16ClNO3/c1-4-18-13(17)10-7-9(5-6-11(10)14)15-12(16)8(2)3/h5-8H,4H2,1-3H3,(H,15,16). The predicted molar refractivity (Wildman–Crippen MR) is 70.9 cm³/mol. The summed E-state index contributed by atoms with van der Waals surface area (Å²) in [5.41, 5.74) is 0.779. The van der Waals surface area contributed by atoms with E-state index in [1.807, 2.05) is 0 Å². The molecule has 0 bridgehead atoms. The molecule has 0 aromatic heterocycles. The first-order valence-corrected chi connectivity index (χ1v) is 6.11. The number of esters is 1. The van der Waals surface area contributed by atoms with Crippen LogP contribution in [0.4, 0.5) is 5.69 Å². The molecule has 0 aliphatic rings. The van der Waals surface area contributed by atoms with Gasteiger partial charge < -0.3 is 10.1 Å². The number of rotatable bonds is 4. The zero-order valence-corrected chi connectivity index (χ0v) is 11.4. The Morgan fingerprint density at radius 1 is 1.39 bits per heavy atom. The molecule has 0 fully saturated rings. The van der Waals surface area contributed by atoms with Crippen LogP contribution >= 0.6 is 11.6 Å². The monoisotopic (exact) mass is 269 g/mol. The minimum absolute atomic E-state index is 0.118. The average molecular weight is 270 g/mol. The van der Waals surface area contributed by atoms with Crippen molar-refractivity contribution in [2.24, 2.45) is 5.92 Å². The Morgan fingerprint density at radius 3 is 2.61 bits per heavy atom. The van der Waals surface area contributed by atoms with E-state index in [9.17, 15) is 9.59 Å². The third kappa shape index (κ3) is 3.74. The summed E-state index contributed by atoms with van der Waals surface area (Å²) in [5.74, 6) is -0.748. The van der Waals surface area contributed by atoms with Gasteiger partial charge in [0.25, 0.3) is 0 Å². The van der Waals surface area contributed by atoms with E-state index >= 15 is 0 Å². The number of amides is 1. The molecule has 0 aliphatic heterocycles. The van der Waals surface area contributed by atoms with Crippen LogP contribution < -0.4 is 5.32 Å². The largest absolute Gasteiger partial charge is 0.462 e. The number of ether oxygens (including phenoxy) is 1. The van der Waals surface area contributed by atoms with E-state index in [0.29, 0.717) is 10.7 Å². The first-order chi connectivity index (χ1) is 8.45. The summed E-state index contributed by atoms with van der Waals surface area (Å²) < 4.78 is 4.88. The van der Waals surface area contributed by atoms with Gasteiger partial charge in [0.1, 0.15) is 0 Å². The van der Waals surface area contributed by atoms with Gasteiger partial charge in [0.15, 0.2) is 0 Å². The van der Waals surface area contributed by atoms with Gasteiger partial charge in [0.05, 0.1) is 17.2 Å². The molecule has 0 heterocycles. The molecule has 98 valence electrons. The fourth-order valence-electron chi connectivity index (χ4n) is 1.25. The van der Waals surface area contributed by atoms with Gasteiger partial charge in [-0.1, -0.05) is 25.4 Å². The Bertz CT molecular complexity index is 458. The topological polar surface area (TPSA) is 55.4 Å². The van der Waals surface area contributed by atoms with E-state index in [-0.39, 0.29) is 24.0 Å². The molecular formula is C13H16ClNO3. The van der Waals surface area contributed by atoms with Gasteiger partial charge in [0, 0.05) is 11.6 Å². The summed E-state index contributed by atoms with van der Waals surface area (Å²) in [6, 6.07) is 4.72. The SMILES string of the molecule is CCOC(=O)c1cc(NC(=O)C(C)C)ccc1Cl. The van der Waals surface area contributed by atoms with Crippen molar-refractivity contribution in [3.05, 3.63) is 28.8 Å². The lowest BCUT2D eigenvalue weighted by atomic mass is 10.1. The molecule has 1 aromatic rings. The molecule has 4 nitrogen and oxygen atoms in total. The molecule has 1 amide bonds. The van der Waals surface area contributed by atoms with Crippen LogP contribution in [0.2, 0.25) is 5.02 Å². The first-order valence-electron chi connectivity index (χ1n) is 5.73. The van der Waals surface area contributed by atoms with Crippen LogP contribution in [-0.4, -0.2) is 18.5 Å². The molecular weight excluding hydrogens is 254 g/mol. The Hall–Kier alpha value is -1.55. The van der Waals surface area contributed by atoms with Crippen molar-refractivity contribution in [3.8, 4) is 0 Å². The maximum atomic E-state index is 11.6. The van der Waals surface area contributed by atoms with Gasteiger partial charge >= 0.3 is 5.97 Å². The van der Waals surface area contributed by atoms with Crippen LogP contribution in [0.5, 0.6) is 0 Å². The molecule has 1 N–H and O–H groups in total. The van der Waals surface area contributed by atoms with Gasteiger partial charge in [-0.25, -0.2) is 4.79 Å². The van der Waals surface area contributed by atoms with Crippen molar-refractivity contribution in [2.45, 2.75) is 20.8 Å². The van der Waals surface area contributed by atoms with Crippen molar-refractivity contribution < 1.29 is 14.3 Å². The summed E-state index contributed by atoms with van der Waals surface area (Å²) >= 11 is 5.91. The fourth-order valence-corrected chi connectivity index (χ4v) is 1.45. The summed E-state index contributed by atoms with van der Waals surface area (Å²) in [6.07, 6.45) is 0. The lowest BCUT2D eigenvalue weighted by Crippen LogP contribution is -2.18. The van der Waals surface area contributed by atoms with Crippen molar-refractivity contribution in [3.63, 3.8) is 0 Å². The van der Waals surface area contributed by atoms with Crippen LogP contribution in [0, 0.1) is 5.92 Å². The van der Waals surface area contributed by atoms with Gasteiger partial charge in [-0.15, -0.1) is 0 Å². The van der Waals surface area contributed by atoms with E-state index in [0.717, 1.165) is 0 Å². The van der Waals surface area contributed by atoms with E-state index in [2.05, 4.69) is 5.32 Å². The molecule has 18 heavy (non-hydrogen) atoms. The smallest absolute Gasteiger partial charge is 0.339 e. The van der Waals surface area contributed by atoms with Crippen LogP contribution in [0.15, 0.2) is 18.2 Å². The van der Waals surface area contributed by atoms with E-state index in [4.69, 9.17) is 16.3 Å². The van der Waals surface area contributed by atoms with Gasteiger partial charge in [-0.2, -0.15) is 0 Å². The average Bonchev–Trinajstić information content (AvgIpc) is 2.31. The van der Waals surface area contributed by atoms with E-state index < -0.39 is 5.97 Å². The quantitative estimate of drug-likeness (QED) is 0.855. The Morgan fingerprint density at radius 2 is 2.06 bits per heavy atom. The number of nitrogens with one attached hydrogen (secondary N) is 1. The van der Waals surface area contributed by atoms with Gasteiger partial charge in [0.2, 0.25) is 5.91 Å². The first kappa shape index (κ1) is 14.5. The van der Waals surface area contributed by atoms with Crippen molar-refractivity contribution in [1.82, 2.24) is 0 Å². The van der Waals surface area contributed by atoms with Crippen LogP contribution in [0.25, 0.3) is 0 Å². The maximum absolute atomic E-state index is 11.6. The molecule has 1 rings (SSSR count). The highest BCUT2D eigenvalue weighted by molar-refractivity contribution is 6.33. The summed E-state index contributed by atoms with van der Waals surface area (Å²) in [5, 5.41) is 3.00. The summed E-state index contributed by atoms with van der Waals surface area (Å²) in [6.45, 7) is 5.57. The molecule has 1 aromatic carbocycles. The fraction of sp³-hybridized carbons (Fsp3) is 0.385. The number of carbonyl (C=O) groups excluding carboxylic acids is 2. The van der Waals surface area contributed by atoms with Gasteiger partial charge in [-0.3, -0.25) is 4.79 Å². The number of halogens is 1. The van der Waals surface area contributed by atoms with Gasteiger partial charge in [-0.05, 0) is 25.1 Å². The number of anilines is 1. The highest BCUT2D eigenvalue weighted by Gasteiger charge is 2.14. The lowest BCUT2D eigenvalue weighted by Gasteiger charge is -2.10. The van der Waals surface area contributed by atoms with Crippen molar-refractivity contribution in [2.75, 3.05) is 11.9 Å². The highest BCUT2D eigenvalue weighted by Crippen LogP contribution is 2.21. The Labute approximate surface area is 111 Å². The molecule has 0 saturated carbocycles. The van der Waals surface area contributed by atoms with E-state index in [1.165, 1.54) is 6.07 Å². The molecule has 0 atom stereocenters. The second-order valence-electron chi connectivity index (χ2n) is 4.06. The van der Waals surface area contributed by atoms with Crippen molar-refractivity contribution in [1.29, 1.82) is 0 Å². The number of benzene rings is 1. The highest BCUT2D eigenvalue weighted by atomic mass is 35.5. The molecule has 5 heteroatoms. The predicted octanol–water partition coefficient (Wildman–Crippen LogP) is 3.11. The maximum Gasteiger partial charge on any atom is 0.339 e. The molecule has 0 spiro atoms. The third-order valence-corrected chi connectivity index (χ3v) is 2.58. The molecule has 0 saturated heterocycles. The zero-order valence-electron chi connectivity index (χ0n) is 10.6. The van der Waals surface area contributed by atoms with E-state index in [1.54, 1.807) is 32.9 Å². The minimum Gasteiger partial charge on any atom is -0.462 e. The second kappa shape index (κ2) is 6.40. The van der Waals surface area contributed by atoms with Crippen molar-refractivity contribution >= 4 is 29.2 Å². The zero-order chi connectivity index (χ0) is 13.7. The molecule has 0 unspecified atom stereocenters. The normalized spacial score (nSPS) is 10.3. The lowest BCUT2D eigenvalue weighted by molar-refractivity contribution is -0.118. The summed E-state index contributed by atoms with van der Waals surface area (Å²) in [7, 11) is 0. The third-order valence-electron chi connectivity index (χ3n) is 2.25. The van der Waals surface area contributed by atoms with Crippen LogP contribution in [-0.2, 0) is 9.53 Å². The van der Waals surface area contributed by atoms with Crippen LogP contribution in [0.1, 0.15) is 31.1 Å². The summed E-state index contributed by atoms with van der Waals surface area (Å²) in [4.78, 5) is 23.2. The Balaban J connectivity index is 2.93. The Kier molecular flexibility index (Phi) is 5.16. The number of hydrogen-bond donors (Lipinski definition) is 1. The van der Waals surface area contributed by atoms with Crippen LogP contribution in [0.3, 0.4) is 0 Å².